The van der Waals surface area contributed by atoms with Crippen LogP contribution in [0.3, 0.4) is 0 Å². The van der Waals surface area contributed by atoms with E-state index in [-0.39, 0.29) is 37.0 Å². The molecule has 1 N–H and O–H groups in total. The van der Waals surface area contributed by atoms with Crippen LogP contribution >= 0.6 is 0 Å². The van der Waals surface area contributed by atoms with Crippen LogP contribution in [0.1, 0.15) is 11.1 Å². The summed E-state index contributed by atoms with van der Waals surface area (Å²) in [6.07, 6.45) is -4.41. The molecule has 2 heterocycles. The molecule has 0 bridgehead atoms. The normalized spacial score (nSPS) is 22.7. The fraction of sp³-hybridized carbons (Fsp3) is 0.467. The van der Waals surface area contributed by atoms with E-state index in [0.717, 1.165) is 6.07 Å². The Bertz CT molecular complexity index is 633. The zero-order chi connectivity index (χ0) is 16.6. The van der Waals surface area contributed by atoms with Crippen LogP contribution in [0.2, 0.25) is 0 Å². The fourth-order valence-corrected chi connectivity index (χ4v) is 3.06. The number of nitrogens with zero attached hydrogens (tertiary/aromatic N) is 2. The maximum Gasteiger partial charge on any atom is 0.416 e. The molecule has 2 amide bonds. The van der Waals surface area contributed by atoms with Crippen LogP contribution in [0.15, 0.2) is 24.3 Å². The number of carbonyl (C=O) groups is 2. The van der Waals surface area contributed by atoms with Crippen molar-refractivity contribution in [3.05, 3.63) is 35.4 Å². The van der Waals surface area contributed by atoms with Gasteiger partial charge in [0.15, 0.2) is 0 Å². The number of nitrogens with one attached hydrogen (secondary N) is 1. The monoisotopic (exact) mass is 327 g/mol. The molecule has 0 spiro atoms. The van der Waals surface area contributed by atoms with E-state index in [4.69, 9.17) is 0 Å². The van der Waals surface area contributed by atoms with Gasteiger partial charge in [0, 0.05) is 26.2 Å². The number of hydrogen-bond donors (Lipinski definition) is 1. The van der Waals surface area contributed by atoms with E-state index in [1.54, 1.807) is 11.0 Å². The van der Waals surface area contributed by atoms with Gasteiger partial charge in [0.25, 0.3) is 0 Å². The number of rotatable bonds is 2. The number of amides is 2. The summed E-state index contributed by atoms with van der Waals surface area (Å²) in [5.41, 5.74) is -0.484. The molecule has 2 saturated heterocycles. The molecule has 2 aliphatic rings. The second-order valence-electron chi connectivity index (χ2n) is 5.71. The smallest absolute Gasteiger partial charge is 0.345 e. The molecule has 0 radical (unpaired) electrons. The molecule has 1 aromatic carbocycles. The Morgan fingerprint density at radius 1 is 1.17 bits per heavy atom. The first kappa shape index (κ1) is 15.8. The average Bonchev–Trinajstić information content (AvgIpc) is 2.51. The SMILES string of the molecule is O=C1NCC(=O)N2CCN(Cc3ccccc3C(F)(F)F)C[C@@H]12. The molecule has 8 heteroatoms. The fourth-order valence-electron chi connectivity index (χ4n) is 3.06. The highest BCUT2D eigenvalue weighted by Crippen LogP contribution is 2.32. The van der Waals surface area contributed by atoms with E-state index >= 15 is 0 Å². The Morgan fingerprint density at radius 2 is 1.91 bits per heavy atom. The highest BCUT2D eigenvalue weighted by atomic mass is 19.4. The lowest BCUT2D eigenvalue weighted by molar-refractivity contribution is -0.149. The van der Waals surface area contributed by atoms with Crippen molar-refractivity contribution in [3.63, 3.8) is 0 Å². The molecule has 23 heavy (non-hydrogen) atoms. The number of hydrogen-bond acceptors (Lipinski definition) is 3. The Kier molecular flexibility index (Phi) is 4.01. The summed E-state index contributed by atoms with van der Waals surface area (Å²) >= 11 is 0. The van der Waals surface area contributed by atoms with Crippen LogP contribution in [-0.2, 0) is 22.3 Å². The van der Waals surface area contributed by atoms with Gasteiger partial charge in [-0.2, -0.15) is 13.2 Å². The van der Waals surface area contributed by atoms with Gasteiger partial charge in [-0.25, -0.2) is 0 Å². The number of benzene rings is 1. The Morgan fingerprint density at radius 3 is 2.65 bits per heavy atom. The van der Waals surface area contributed by atoms with E-state index in [9.17, 15) is 22.8 Å². The van der Waals surface area contributed by atoms with Gasteiger partial charge in [-0.1, -0.05) is 18.2 Å². The van der Waals surface area contributed by atoms with Crippen LogP contribution < -0.4 is 5.32 Å². The minimum absolute atomic E-state index is 0.00770. The van der Waals surface area contributed by atoms with Crippen molar-refractivity contribution in [2.75, 3.05) is 26.2 Å². The van der Waals surface area contributed by atoms with Gasteiger partial charge in [-0.05, 0) is 11.6 Å². The highest BCUT2D eigenvalue weighted by molar-refractivity contribution is 5.95. The first-order chi connectivity index (χ1) is 10.9. The first-order valence-corrected chi connectivity index (χ1v) is 7.31. The second-order valence-corrected chi connectivity index (χ2v) is 5.71. The number of piperazine rings is 2. The molecule has 3 rings (SSSR count). The molecule has 0 aliphatic carbocycles. The minimum Gasteiger partial charge on any atom is -0.345 e. The van der Waals surface area contributed by atoms with Crippen molar-refractivity contribution < 1.29 is 22.8 Å². The van der Waals surface area contributed by atoms with E-state index in [0.29, 0.717) is 13.1 Å². The molecule has 5 nitrogen and oxygen atoms in total. The quantitative estimate of drug-likeness (QED) is 0.876. The summed E-state index contributed by atoms with van der Waals surface area (Å²) < 4.78 is 39.1. The number of halogens is 3. The van der Waals surface area contributed by atoms with Crippen LogP contribution in [0.4, 0.5) is 13.2 Å². The van der Waals surface area contributed by atoms with E-state index < -0.39 is 17.8 Å². The van der Waals surface area contributed by atoms with Gasteiger partial charge in [-0.3, -0.25) is 14.5 Å². The lowest BCUT2D eigenvalue weighted by Crippen LogP contribution is -2.65. The van der Waals surface area contributed by atoms with Crippen LogP contribution in [0, 0.1) is 0 Å². The van der Waals surface area contributed by atoms with Crippen LogP contribution in [-0.4, -0.2) is 53.8 Å². The lowest BCUT2D eigenvalue weighted by atomic mass is 10.0. The van der Waals surface area contributed by atoms with Crippen molar-refractivity contribution in [1.82, 2.24) is 15.1 Å². The van der Waals surface area contributed by atoms with Gasteiger partial charge >= 0.3 is 6.18 Å². The summed E-state index contributed by atoms with van der Waals surface area (Å²) in [5, 5.41) is 2.51. The number of carbonyl (C=O) groups excluding carboxylic acids is 2. The zero-order valence-corrected chi connectivity index (χ0v) is 12.3. The molecule has 0 aromatic heterocycles. The maximum atomic E-state index is 13.0. The Balaban J connectivity index is 1.75. The molecule has 2 fully saturated rings. The predicted octanol–water partition coefficient (Wildman–Crippen LogP) is 0.848. The second kappa shape index (κ2) is 5.84. The van der Waals surface area contributed by atoms with Crippen LogP contribution in [0.25, 0.3) is 0 Å². The summed E-state index contributed by atoms with van der Waals surface area (Å²) in [7, 11) is 0. The summed E-state index contributed by atoms with van der Waals surface area (Å²) in [6.45, 7) is 1.13. The van der Waals surface area contributed by atoms with Crippen LogP contribution in [0.5, 0.6) is 0 Å². The average molecular weight is 327 g/mol. The predicted molar refractivity (Wildman–Crippen MR) is 75.2 cm³/mol. The molecular weight excluding hydrogens is 311 g/mol. The molecular formula is C15H16F3N3O2. The molecule has 2 aliphatic heterocycles. The summed E-state index contributed by atoms with van der Waals surface area (Å²) in [4.78, 5) is 26.9. The van der Waals surface area contributed by atoms with Gasteiger partial charge < -0.3 is 10.2 Å². The standard InChI is InChI=1S/C15H16F3N3O2/c16-15(17,18)11-4-2-1-3-10(11)8-20-5-6-21-12(9-20)14(23)19-7-13(21)22/h1-4,12H,5-9H2,(H,19,23)/t12-/m0/s1. The summed E-state index contributed by atoms with van der Waals surface area (Å²) in [6, 6.07) is 4.81. The highest BCUT2D eigenvalue weighted by Gasteiger charge is 2.39. The number of alkyl halides is 3. The number of fused-ring (bicyclic) bond motifs is 1. The van der Waals surface area contributed by atoms with Gasteiger partial charge in [-0.15, -0.1) is 0 Å². The Hall–Kier alpha value is -2.09. The largest absolute Gasteiger partial charge is 0.416 e. The first-order valence-electron chi connectivity index (χ1n) is 7.31. The Labute approximate surface area is 131 Å². The third-order valence-corrected chi connectivity index (χ3v) is 4.22. The van der Waals surface area contributed by atoms with Gasteiger partial charge in [0.05, 0.1) is 12.1 Å². The van der Waals surface area contributed by atoms with Gasteiger partial charge in [0.2, 0.25) is 11.8 Å². The third-order valence-electron chi connectivity index (χ3n) is 4.22. The third kappa shape index (κ3) is 3.17. The van der Waals surface area contributed by atoms with Crippen molar-refractivity contribution in [1.29, 1.82) is 0 Å². The van der Waals surface area contributed by atoms with Crippen molar-refractivity contribution in [3.8, 4) is 0 Å². The molecule has 0 saturated carbocycles. The molecule has 1 atom stereocenters. The molecule has 124 valence electrons. The van der Waals surface area contributed by atoms with E-state index in [2.05, 4.69) is 5.32 Å². The lowest BCUT2D eigenvalue weighted by Gasteiger charge is -2.43. The van der Waals surface area contributed by atoms with Gasteiger partial charge in [0.1, 0.15) is 6.04 Å². The maximum absolute atomic E-state index is 13.0. The van der Waals surface area contributed by atoms with Crippen molar-refractivity contribution in [2.24, 2.45) is 0 Å². The topological polar surface area (TPSA) is 52.7 Å². The zero-order valence-electron chi connectivity index (χ0n) is 12.3. The van der Waals surface area contributed by atoms with Crippen molar-refractivity contribution in [2.45, 2.75) is 18.8 Å². The minimum atomic E-state index is -4.41. The molecule has 1 aromatic rings. The van der Waals surface area contributed by atoms with Crippen molar-refractivity contribution >= 4 is 11.8 Å². The van der Waals surface area contributed by atoms with E-state index in [1.165, 1.54) is 17.0 Å². The van der Waals surface area contributed by atoms with E-state index in [1.807, 2.05) is 0 Å². The summed E-state index contributed by atoms with van der Waals surface area (Å²) in [5.74, 6) is -0.400. The molecule has 0 unspecified atom stereocenters.